The molecule has 6 nitrogen and oxygen atoms in total. The maximum absolute atomic E-state index is 13.1. The van der Waals surface area contributed by atoms with Crippen LogP contribution in [0.15, 0.2) is 53.6 Å². The summed E-state index contributed by atoms with van der Waals surface area (Å²) in [5, 5.41) is 3.11. The molecule has 1 aliphatic rings. The Morgan fingerprint density at radius 2 is 2.06 bits per heavy atom. The monoisotopic (exact) mass is 432 g/mol. The number of hydrogen-bond acceptors (Lipinski definition) is 5. The molecule has 1 fully saturated rings. The number of nitrogens with zero attached hydrogens (tertiary/aromatic N) is 3. The number of likely N-dealkylation sites (N-methyl/N-ethyl adjacent to an activating group) is 1. The smallest absolute Gasteiger partial charge is 0.378 e. The van der Waals surface area contributed by atoms with E-state index in [0.717, 1.165) is 24.2 Å². The highest BCUT2D eigenvalue weighted by molar-refractivity contribution is 5.55. The van der Waals surface area contributed by atoms with E-state index in [1.165, 1.54) is 22.7 Å². The molecule has 2 aromatic heterocycles. The molecule has 1 aromatic carbocycles. The lowest BCUT2D eigenvalue weighted by Gasteiger charge is -2.31. The predicted octanol–water partition coefficient (Wildman–Crippen LogP) is 3.89. The van der Waals surface area contributed by atoms with Crippen LogP contribution in [0.3, 0.4) is 0 Å². The highest BCUT2D eigenvalue weighted by Crippen LogP contribution is 2.32. The molecular formula is C22H23F3N4O2. The van der Waals surface area contributed by atoms with Gasteiger partial charge >= 0.3 is 6.18 Å². The zero-order valence-electron chi connectivity index (χ0n) is 17.2. The van der Waals surface area contributed by atoms with Gasteiger partial charge in [0.05, 0.1) is 24.3 Å². The molecule has 1 N–H and O–H groups in total. The summed E-state index contributed by atoms with van der Waals surface area (Å²) in [5.41, 5.74) is 1.34. The third-order valence-corrected chi connectivity index (χ3v) is 5.42. The zero-order valence-corrected chi connectivity index (χ0v) is 17.2. The summed E-state index contributed by atoms with van der Waals surface area (Å²) >= 11 is 0. The van der Waals surface area contributed by atoms with Gasteiger partial charge in [-0.15, -0.1) is 0 Å². The van der Waals surface area contributed by atoms with Crippen molar-refractivity contribution in [2.75, 3.05) is 32.1 Å². The molecule has 0 amide bonds. The van der Waals surface area contributed by atoms with Gasteiger partial charge in [-0.3, -0.25) is 9.20 Å². The Kier molecular flexibility index (Phi) is 5.72. The quantitative estimate of drug-likeness (QED) is 0.678. The molecule has 0 radical (unpaired) electrons. The van der Waals surface area contributed by atoms with E-state index in [0.29, 0.717) is 30.0 Å². The first-order valence-electron chi connectivity index (χ1n) is 9.97. The average Bonchev–Trinajstić information content (AvgIpc) is 2.73. The van der Waals surface area contributed by atoms with Gasteiger partial charge in [-0.1, -0.05) is 6.07 Å². The molecule has 1 saturated heterocycles. The molecule has 0 bridgehead atoms. The fourth-order valence-electron chi connectivity index (χ4n) is 3.77. The molecule has 31 heavy (non-hydrogen) atoms. The molecular weight excluding hydrogens is 409 g/mol. The molecule has 0 saturated carbocycles. The van der Waals surface area contributed by atoms with Crippen LogP contribution < -0.4 is 10.9 Å². The minimum atomic E-state index is -4.42. The number of halogens is 3. The molecule has 164 valence electrons. The van der Waals surface area contributed by atoms with Crippen LogP contribution in [0.5, 0.6) is 0 Å². The highest BCUT2D eigenvalue weighted by atomic mass is 19.4. The van der Waals surface area contributed by atoms with E-state index in [1.54, 1.807) is 12.3 Å². The lowest BCUT2D eigenvalue weighted by atomic mass is 10.0. The van der Waals surface area contributed by atoms with Gasteiger partial charge in [-0.2, -0.15) is 13.2 Å². The van der Waals surface area contributed by atoms with E-state index in [1.807, 2.05) is 20.0 Å². The molecule has 3 aromatic rings. The van der Waals surface area contributed by atoms with Gasteiger partial charge in [-0.25, -0.2) is 4.98 Å². The summed E-state index contributed by atoms with van der Waals surface area (Å²) in [6.45, 7) is 3.91. The van der Waals surface area contributed by atoms with Crippen LogP contribution in [-0.4, -0.2) is 41.0 Å². The minimum absolute atomic E-state index is 0.213. The van der Waals surface area contributed by atoms with Crippen molar-refractivity contribution in [2.45, 2.75) is 25.2 Å². The zero-order chi connectivity index (χ0) is 22.2. The lowest BCUT2D eigenvalue weighted by molar-refractivity contribution is -0.137. The molecule has 1 aliphatic heterocycles. The van der Waals surface area contributed by atoms with Crippen molar-refractivity contribution in [1.29, 1.82) is 0 Å². The Hall–Kier alpha value is -2.91. The Morgan fingerprint density at radius 1 is 1.26 bits per heavy atom. The van der Waals surface area contributed by atoms with Crippen LogP contribution in [0.2, 0.25) is 0 Å². The minimum Gasteiger partial charge on any atom is -0.378 e. The number of rotatable bonds is 4. The van der Waals surface area contributed by atoms with Crippen molar-refractivity contribution >= 4 is 11.3 Å². The first-order chi connectivity index (χ1) is 14.7. The van der Waals surface area contributed by atoms with Gasteiger partial charge in [0.15, 0.2) is 0 Å². The Balaban J connectivity index is 1.73. The van der Waals surface area contributed by atoms with Crippen molar-refractivity contribution in [1.82, 2.24) is 14.3 Å². The highest BCUT2D eigenvalue weighted by Gasteiger charge is 2.30. The first-order valence-corrected chi connectivity index (χ1v) is 9.97. The average molecular weight is 432 g/mol. The van der Waals surface area contributed by atoms with Gasteiger partial charge in [0, 0.05) is 42.8 Å². The number of pyridine rings is 1. The summed E-state index contributed by atoms with van der Waals surface area (Å²) in [4.78, 5) is 19.0. The number of hydrogen-bond donors (Lipinski definition) is 1. The predicted molar refractivity (Wildman–Crippen MR) is 111 cm³/mol. The molecule has 9 heteroatoms. The first kappa shape index (κ1) is 21.3. The van der Waals surface area contributed by atoms with Crippen molar-refractivity contribution in [3.05, 3.63) is 75.8 Å². The largest absolute Gasteiger partial charge is 0.416 e. The maximum atomic E-state index is 13.1. The normalized spacial score (nSPS) is 18.8. The summed E-state index contributed by atoms with van der Waals surface area (Å²) in [6, 6.07) is 7.92. The number of nitrogens with one attached hydrogen (secondary N) is 1. The third-order valence-electron chi connectivity index (χ3n) is 5.42. The number of morpholine rings is 1. The van der Waals surface area contributed by atoms with Crippen molar-refractivity contribution in [3.8, 4) is 0 Å². The van der Waals surface area contributed by atoms with Crippen LogP contribution in [-0.2, 0) is 10.9 Å². The van der Waals surface area contributed by atoms with Crippen LogP contribution in [0.1, 0.15) is 35.8 Å². The number of benzene rings is 1. The second-order valence-electron chi connectivity index (χ2n) is 7.77. The SMILES string of the molecule is CC(Nc1cccc(C(F)(F)F)c1)c1cc(C2CN(C)CCO2)cn2c(=O)ccnc12. The summed E-state index contributed by atoms with van der Waals surface area (Å²) in [5.74, 6) is 0. The standard InChI is InChI=1S/C22H23F3N4O2/c1-14(27-17-5-3-4-16(11-17)22(23,24)25)18-10-15(19-13-28(2)8-9-31-19)12-29-20(30)6-7-26-21(18)29/h3-7,10-12,14,19,27H,8-9,13H2,1-2H3. The molecule has 4 rings (SSSR count). The van der Waals surface area contributed by atoms with E-state index >= 15 is 0 Å². The molecule has 0 spiro atoms. The summed E-state index contributed by atoms with van der Waals surface area (Å²) in [7, 11) is 2.00. The van der Waals surface area contributed by atoms with Crippen molar-refractivity contribution < 1.29 is 17.9 Å². The molecule has 3 heterocycles. The Morgan fingerprint density at radius 3 is 2.81 bits per heavy atom. The third kappa shape index (κ3) is 4.57. The summed E-state index contributed by atoms with van der Waals surface area (Å²) < 4.78 is 46.6. The van der Waals surface area contributed by atoms with E-state index < -0.39 is 17.8 Å². The molecule has 2 unspecified atom stereocenters. The van der Waals surface area contributed by atoms with Gasteiger partial charge in [0.2, 0.25) is 0 Å². The van der Waals surface area contributed by atoms with Crippen molar-refractivity contribution in [2.24, 2.45) is 0 Å². The summed E-state index contributed by atoms with van der Waals surface area (Å²) in [6.07, 6.45) is -1.47. The molecule has 0 aliphatic carbocycles. The van der Waals surface area contributed by atoms with E-state index in [9.17, 15) is 18.0 Å². The fraction of sp³-hybridized carbons (Fsp3) is 0.364. The van der Waals surface area contributed by atoms with E-state index in [2.05, 4.69) is 15.2 Å². The van der Waals surface area contributed by atoms with E-state index in [4.69, 9.17) is 4.74 Å². The van der Waals surface area contributed by atoms with Gasteiger partial charge < -0.3 is 15.0 Å². The number of anilines is 1. The number of ether oxygens (including phenoxy) is 1. The fourth-order valence-corrected chi connectivity index (χ4v) is 3.77. The van der Waals surface area contributed by atoms with Crippen LogP contribution in [0.25, 0.3) is 5.65 Å². The Bertz CT molecular complexity index is 1150. The van der Waals surface area contributed by atoms with Crippen LogP contribution >= 0.6 is 0 Å². The number of alkyl halides is 3. The second-order valence-corrected chi connectivity index (χ2v) is 7.77. The molecule has 2 atom stereocenters. The van der Waals surface area contributed by atoms with Crippen LogP contribution in [0, 0.1) is 0 Å². The van der Waals surface area contributed by atoms with Crippen molar-refractivity contribution in [3.63, 3.8) is 0 Å². The topological polar surface area (TPSA) is 58.9 Å². The maximum Gasteiger partial charge on any atom is 0.416 e. The Labute approximate surface area is 177 Å². The van der Waals surface area contributed by atoms with Crippen LogP contribution in [0.4, 0.5) is 18.9 Å². The van der Waals surface area contributed by atoms with Gasteiger partial charge in [-0.05, 0) is 43.8 Å². The van der Waals surface area contributed by atoms with Gasteiger partial charge in [0.25, 0.3) is 5.56 Å². The lowest BCUT2D eigenvalue weighted by Crippen LogP contribution is -2.35. The van der Waals surface area contributed by atoms with Gasteiger partial charge in [0.1, 0.15) is 5.65 Å². The second kappa shape index (κ2) is 8.32. The number of aromatic nitrogens is 2. The number of fused-ring (bicyclic) bond motifs is 1. The van der Waals surface area contributed by atoms with E-state index in [-0.39, 0.29) is 11.7 Å².